The fraction of sp³-hybridized carbons (Fsp3) is 0.176. The molecule has 1 unspecified atom stereocenters. The molecule has 1 atom stereocenters. The summed E-state index contributed by atoms with van der Waals surface area (Å²) in [5, 5.41) is 14.6. The highest BCUT2D eigenvalue weighted by Gasteiger charge is 2.15. The van der Waals surface area contributed by atoms with E-state index in [1.54, 1.807) is 49.4 Å². The maximum atomic E-state index is 12.4. The number of amides is 2. The topological polar surface area (TPSA) is 78.4 Å². The number of anilines is 1. The first kappa shape index (κ1) is 17.2. The van der Waals surface area contributed by atoms with Gasteiger partial charge in [-0.15, -0.1) is 0 Å². The number of hydrogen-bond acceptors (Lipinski definition) is 3. The van der Waals surface area contributed by atoms with Crippen LogP contribution in [0.5, 0.6) is 0 Å². The molecule has 0 saturated carbocycles. The Morgan fingerprint density at radius 1 is 1.04 bits per heavy atom. The van der Waals surface area contributed by atoms with Gasteiger partial charge in [0.05, 0.1) is 22.9 Å². The Bertz CT molecular complexity index is 716. The normalized spacial score (nSPS) is 11.6. The molecule has 2 aromatic rings. The predicted molar refractivity (Wildman–Crippen MR) is 92.6 cm³/mol. The largest absolute Gasteiger partial charge is 0.392 e. The number of aliphatic hydroxyl groups excluding tert-OH is 1. The Morgan fingerprint density at radius 3 is 2.30 bits per heavy atom. The van der Waals surface area contributed by atoms with Crippen molar-refractivity contribution in [2.24, 2.45) is 0 Å². The van der Waals surface area contributed by atoms with Crippen molar-refractivity contribution in [3.8, 4) is 0 Å². The third kappa shape index (κ3) is 4.64. The summed E-state index contributed by atoms with van der Waals surface area (Å²) in [7, 11) is 0. The first-order chi connectivity index (χ1) is 11.0. The predicted octanol–water partition coefficient (Wildman–Crippen LogP) is 2.81. The van der Waals surface area contributed by atoms with Crippen molar-refractivity contribution in [1.82, 2.24) is 5.32 Å². The van der Waals surface area contributed by atoms with Gasteiger partial charge in [-0.2, -0.15) is 0 Å². The van der Waals surface area contributed by atoms with E-state index in [9.17, 15) is 14.7 Å². The van der Waals surface area contributed by atoms with Gasteiger partial charge in [-0.25, -0.2) is 0 Å². The summed E-state index contributed by atoms with van der Waals surface area (Å²) in [5.41, 5.74) is 1.23. The molecule has 2 aromatic carbocycles. The van der Waals surface area contributed by atoms with Crippen molar-refractivity contribution in [3.63, 3.8) is 0 Å². The van der Waals surface area contributed by atoms with Crippen LogP contribution in [0.2, 0.25) is 0 Å². The van der Waals surface area contributed by atoms with Gasteiger partial charge in [0.2, 0.25) is 0 Å². The van der Waals surface area contributed by atoms with Crippen LogP contribution in [0.3, 0.4) is 0 Å². The van der Waals surface area contributed by atoms with Gasteiger partial charge in [0.25, 0.3) is 11.8 Å². The fourth-order valence-electron chi connectivity index (χ4n) is 1.96. The van der Waals surface area contributed by atoms with E-state index in [1.165, 1.54) is 0 Å². The van der Waals surface area contributed by atoms with Crippen LogP contribution in [0.25, 0.3) is 0 Å². The van der Waals surface area contributed by atoms with Crippen molar-refractivity contribution < 1.29 is 14.7 Å². The van der Waals surface area contributed by atoms with Gasteiger partial charge in [0.1, 0.15) is 0 Å². The monoisotopic (exact) mass is 376 g/mol. The van der Waals surface area contributed by atoms with E-state index in [0.717, 1.165) is 0 Å². The fourth-order valence-corrected chi connectivity index (χ4v) is 2.43. The molecule has 0 aromatic heterocycles. The number of rotatable bonds is 5. The van der Waals surface area contributed by atoms with Crippen LogP contribution in [0.4, 0.5) is 5.69 Å². The van der Waals surface area contributed by atoms with E-state index in [-0.39, 0.29) is 18.4 Å². The number of para-hydroxylation sites is 1. The second-order valence-electron chi connectivity index (χ2n) is 5.04. The molecule has 0 bridgehead atoms. The van der Waals surface area contributed by atoms with Crippen LogP contribution in [-0.2, 0) is 0 Å². The quantitative estimate of drug-likeness (QED) is 0.750. The highest BCUT2D eigenvalue weighted by atomic mass is 79.9. The third-order valence-corrected chi connectivity index (χ3v) is 3.79. The zero-order valence-electron chi connectivity index (χ0n) is 12.5. The minimum absolute atomic E-state index is 0.144. The van der Waals surface area contributed by atoms with Crippen LogP contribution < -0.4 is 10.6 Å². The summed E-state index contributed by atoms with van der Waals surface area (Å²) < 4.78 is 0.675. The summed E-state index contributed by atoms with van der Waals surface area (Å²) in [5.74, 6) is -0.665. The average Bonchev–Trinajstić information content (AvgIpc) is 2.53. The van der Waals surface area contributed by atoms with Crippen molar-refractivity contribution in [3.05, 3.63) is 64.1 Å². The van der Waals surface area contributed by atoms with E-state index in [4.69, 9.17) is 0 Å². The second kappa shape index (κ2) is 7.89. The summed E-state index contributed by atoms with van der Waals surface area (Å²) in [6, 6.07) is 13.8. The molecule has 2 rings (SSSR count). The number of aliphatic hydroxyl groups is 1. The lowest BCUT2D eigenvalue weighted by Crippen LogP contribution is -2.31. The van der Waals surface area contributed by atoms with Crippen molar-refractivity contribution in [1.29, 1.82) is 0 Å². The first-order valence-electron chi connectivity index (χ1n) is 7.10. The molecule has 0 saturated heterocycles. The molecular weight excluding hydrogens is 360 g/mol. The lowest BCUT2D eigenvalue weighted by atomic mass is 10.1. The number of benzene rings is 2. The zero-order chi connectivity index (χ0) is 16.8. The molecule has 23 heavy (non-hydrogen) atoms. The van der Waals surface area contributed by atoms with Crippen molar-refractivity contribution in [2.75, 3.05) is 11.9 Å². The lowest BCUT2D eigenvalue weighted by molar-refractivity contribution is 0.0925. The minimum Gasteiger partial charge on any atom is -0.392 e. The molecule has 3 N–H and O–H groups in total. The molecule has 6 heteroatoms. The molecule has 0 radical (unpaired) electrons. The maximum Gasteiger partial charge on any atom is 0.256 e. The van der Waals surface area contributed by atoms with Gasteiger partial charge in [-0.05, 0) is 47.1 Å². The Balaban J connectivity index is 2.19. The molecule has 120 valence electrons. The highest BCUT2D eigenvalue weighted by molar-refractivity contribution is 9.10. The van der Waals surface area contributed by atoms with E-state index < -0.39 is 6.10 Å². The van der Waals surface area contributed by atoms with Gasteiger partial charge in [0.15, 0.2) is 0 Å². The van der Waals surface area contributed by atoms with Crippen LogP contribution in [0.1, 0.15) is 27.6 Å². The van der Waals surface area contributed by atoms with Crippen molar-refractivity contribution in [2.45, 2.75) is 13.0 Å². The number of halogens is 1. The lowest BCUT2D eigenvalue weighted by Gasteiger charge is -2.12. The molecule has 0 aliphatic heterocycles. The van der Waals surface area contributed by atoms with E-state index in [2.05, 4.69) is 26.6 Å². The van der Waals surface area contributed by atoms with Crippen molar-refractivity contribution >= 4 is 33.4 Å². The van der Waals surface area contributed by atoms with Gasteiger partial charge in [-0.3, -0.25) is 9.59 Å². The Morgan fingerprint density at radius 2 is 1.65 bits per heavy atom. The Kier molecular flexibility index (Phi) is 5.90. The smallest absolute Gasteiger partial charge is 0.256 e. The summed E-state index contributed by atoms with van der Waals surface area (Å²) in [4.78, 5) is 24.5. The molecule has 0 aliphatic carbocycles. The molecule has 5 nitrogen and oxygen atoms in total. The van der Waals surface area contributed by atoms with Crippen LogP contribution >= 0.6 is 15.9 Å². The van der Waals surface area contributed by atoms with Gasteiger partial charge < -0.3 is 15.7 Å². The first-order valence-corrected chi connectivity index (χ1v) is 7.89. The number of carbonyl (C=O) groups is 2. The molecule has 0 aliphatic rings. The SMILES string of the molecule is CC(O)CNC(=O)c1ccccc1NC(=O)c1ccccc1Br. The average molecular weight is 377 g/mol. The van der Waals surface area contributed by atoms with E-state index in [1.807, 2.05) is 6.07 Å². The zero-order valence-corrected chi connectivity index (χ0v) is 14.1. The molecule has 0 heterocycles. The van der Waals surface area contributed by atoms with Crippen LogP contribution in [0, 0.1) is 0 Å². The Labute approximate surface area is 142 Å². The molecule has 0 spiro atoms. The summed E-state index contributed by atoms with van der Waals surface area (Å²) in [6.45, 7) is 1.73. The van der Waals surface area contributed by atoms with Crippen LogP contribution in [0.15, 0.2) is 53.0 Å². The molecule has 2 amide bonds. The standard InChI is InChI=1S/C17H17BrN2O3/c1-11(21)10-19-16(22)13-7-3-5-9-15(13)20-17(23)12-6-2-4-8-14(12)18/h2-9,11,21H,10H2,1H3,(H,19,22)(H,20,23). The second-order valence-corrected chi connectivity index (χ2v) is 5.89. The minimum atomic E-state index is -0.638. The third-order valence-electron chi connectivity index (χ3n) is 3.10. The molecular formula is C17H17BrN2O3. The Hall–Kier alpha value is -2.18. The molecule has 0 fully saturated rings. The summed E-state index contributed by atoms with van der Waals surface area (Å²) >= 11 is 3.33. The van der Waals surface area contributed by atoms with Gasteiger partial charge in [-0.1, -0.05) is 24.3 Å². The summed E-state index contributed by atoms with van der Waals surface area (Å²) in [6.07, 6.45) is -0.638. The highest BCUT2D eigenvalue weighted by Crippen LogP contribution is 2.20. The number of hydrogen-bond donors (Lipinski definition) is 3. The van der Waals surface area contributed by atoms with E-state index in [0.29, 0.717) is 21.3 Å². The maximum absolute atomic E-state index is 12.4. The number of carbonyl (C=O) groups excluding carboxylic acids is 2. The van der Waals surface area contributed by atoms with E-state index >= 15 is 0 Å². The van der Waals surface area contributed by atoms with Gasteiger partial charge >= 0.3 is 0 Å². The van der Waals surface area contributed by atoms with Crippen LogP contribution in [-0.4, -0.2) is 29.6 Å². The number of nitrogens with one attached hydrogen (secondary N) is 2. The van der Waals surface area contributed by atoms with Gasteiger partial charge in [0, 0.05) is 11.0 Å².